The molecule has 1 atom stereocenters. The van der Waals surface area contributed by atoms with E-state index in [1.807, 2.05) is 30.3 Å². The van der Waals surface area contributed by atoms with Gasteiger partial charge in [0.25, 0.3) is 5.91 Å². The second-order valence-corrected chi connectivity index (χ2v) is 8.83. The van der Waals surface area contributed by atoms with E-state index in [4.69, 9.17) is 5.73 Å². The van der Waals surface area contributed by atoms with Gasteiger partial charge in [-0.2, -0.15) is 9.37 Å². The minimum Gasteiger partial charge on any atom is -0.382 e. The maximum Gasteiger partial charge on any atom is 0.251 e. The molecule has 0 unspecified atom stereocenters. The number of piperazine rings is 1. The van der Waals surface area contributed by atoms with Crippen molar-refractivity contribution in [1.29, 1.82) is 0 Å². The zero-order valence-electron chi connectivity index (χ0n) is 18.8. The average molecular weight is 447 g/mol. The molecule has 0 spiro atoms. The molecule has 7 nitrogen and oxygen atoms in total. The Kier molecular flexibility index (Phi) is 5.46. The third-order valence-corrected chi connectivity index (χ3v) is 6.49. The smallest absolute Gasteiger partial charge is 0.251 e. The van der Waals surface area contributed by atoms with Crippen molar-refractivity contribution >= 4 is 17.4 Å². The summed E-state index contributed by atoms with van der Waals surface area (Å²) in [6.07, 6.45) is 0.725. The Morgan fingerprint density at radius 1 is 1.06 bits per heavy atom. The lowest BCUT2D eigenvalue weighted by Crippen LogP contribution is -2.50. The fourth-order valence-corrected chi connectivity index (χ4v) is 4.73. The van der Waals surface area contributed by atoms with Gasteiger partial charge in [-0.3, -0.25) is 4.79 Å². The lowest BCUT2D eigenvalue weighted by Gasteiger charge is -2.39. The Hall–Kier alpha value is -3.52. The molecule has 5 rings (SSSR count). The van der Waals surface area contributed by atoms with Gasteiger partial charge in [0.15, 0.2) is 5.82 Å². The van der Waals surface area contributed by atoms with Crippen LogP contribution < -0.4 is 16.0 Å². The minimum atomic E-state index is -0.700. The van der Waals surface area contributed by atoms with Crippen LogP contribution in [0.4, 0.5) is 15.9 Å². The molecule has 2 aromatic carbocycles. The van der Waals surface area contributed by atoms with Crippen LogP contribution in [0.1, 0.15) is 22.8 Å². The third kappa shape index (κ3) is 4.02. The molecule has 0 radical (unpaired) electrons. The number of carbonyl (C=O) groups excluding carboxylic acids is 1. The highest BCUT2D eigenvalue weighted by Crippen LogP contribution is 2.31. The molecule has 8 heteroatoms. The van der Waals surface area contributed by atoms with Crippen LogP contribution in [0.5, 0.6) is 0 Å². The highest BCUT2D eigenvalue weighted by molar-refractivity contribution is 5.97. The molecule has 1 fully saturated rings. The molecule has 170 valence electrons. The van der Waals surface area contributed by atoms with Crippen LogP contribution in [0.15, 0.2) is 42.5 Å². The second-order valence-electron chi connectivity index (χ2n) is 8.83. The number of hydrogen-bond donors (Lipinski definition) is 2. The van der Waals surface area contributed by atoms with Gasteiger partial charge in [-0.05, 0) is 50.2 Å². The van der Waals surface area contributed by atoms with Crippen molar-refractivity contribution in [2.24, 2.45) is 0 Å². The van der Waals surface area contributed by atoms with Gasteiger partial charge in [-0.1, -0.05) is 18.2 Å². The van der Waals surface area contributed by atoms with E-state index >= 15 is 0 Å². The number of likely N-dealkylation sites (N-methyl/N-ethyl adjacent to an activating group) is 1. The largest absolute Gasteiger partial charge is 0.382 e. The van der Waals surface area contributed by atoms with Crippen molar-refractivity contribution in [1.82, 2.24) is 20.2 Å². The van der Waals surface area contributed by atoms with Crippen molar-refractivity contribution in [3.05, 3.63) is 59.5 Å². The van der Waals surface area contributed by atoms with Gasteiger partial charge in [0.05, 0.1) is 0 Å². The second kappa shape index (κ2) is 8.44. The van der Waals surface area contributed by atoms with Crippen molar-refractivity contribution in [2.75, 3.05) is 43.9 Å². The number of anilines is 2. The molecule has 3 heterocycles. The van der Waals surface area contributed by atoms with Crippen LogP contribution in [0.3, 0.4) is 0 Å². The summed E-state index contributed by atoms with van der Waals surface area (Å²) in [6, 6.07) is 13.6. The molecule has 3 aromatic rings. The number of carbonyl (C=O) groups is 1. The van der Waals surface area contributed by atoms with Gasteiger partial charge in [-0.25, -0.2) is 4.98 Å². The fraction of sp³-hybridized carbons (Fsp3) is 0.320. The molecule has 33 heavy (non-hydrogen) atoms. The van der Waals surface area contributed by atoms with Gasteiger partial charge in [0.1, 0.15) is 11.4 Å². The summed E-state index contributed by atoms with van der Waals surface area (Å²) in [5.74, 6) is -0.759. The van der Waals surface area contributed by atoms with Crippen molar-refractivity contribution in [3.63, 3.8) is 0 Å². The van der Waals surface area contributed by atoms with Crippen LogP contribution in [-0.2, 0) is 6.42 Å². The van der Waals surface area contributed by atoms with Gasteiger partial charge in [0, 0.05) is 54.6 Å². The Balaban J connectivity index is 1.48. The van der Waals surface area contributed by atoms with Gasteiger partial charge < -0.3 is 20.9 Å². The molecule has 2 aliphatic heterocycles. The highest BCUT2D eigenvalue weighted by atomic mass is 19.1. The number of benzene rings is 2. The summed E-state index contributed by atoms with van der Waals surface area (Å²) in [7, 11) is 2.13. The van der Waals surface area contributed by atoms with Gasteiger partial charge in [0.2, 0.25) is 5.95 Å². The Morgan fingerprint density at radius 3 is 2.58 bits per heavy atom. The molecule has 0 bridgehead atoms. The summed E-state index contributed by atoms with van der Waals surface area (Å²) in [5.41, 5.74) is 10.7. The van der Waals surface area contributed by atoms with Crippen molar-refractivity contribution < 1.29 is 9.18 Å². The van der Waals surface area contributed by atoms with Crippen LogP contribution in [0, 0.1) is 5.95 Å². The number of aromatic nitrogens is 2. The van der Waals surface area contributed by atoms with E-state index in [1.54, 1.807) is 12.1 Å². The zero-order chi connectivity index (χ0) is 23.1. The molecule has 1 amide bonds. The number of rotatable bonds is 3. The third-order valence-electron chi connectivity index (χ3n) is 6.49. The Morgan fingerprint density at radius 2 is 1.82 bits per heavy atom. The van der Waals surface area contributed by atoms with E-state index in [-0.39, 0.29) is 17.4 Å². The van der Waals surface area contributed by atoms with E-state index in [2.05, 4.69) is 39.1 Å². The Bertz CT molecular complexity index is 1210. The predicted molar refractivity (Wildman–Crippen MR) is 128 cm³/mol. The Labute approximate surface area is 192 Å². The molecule has 2 aliphatic rings. The molecule has 0 aliphatic carbocycles. The van der Waals surface area contributed by atoms with Crippen LogP contribution >= 0.6 is 0 Å². The van der Waals surface area contributed by atoms with E-state index in [1.165, 1.54) is 0 Å². The summed E-state index contributed by atoms with van der Waals surface area (Å²) >= 11 is 0. The van der Waals surface area contributed by atoms with E-state index in [0.717, 1.165) is 42.9 Å². The van der Waals surface area contributed by atoms with Crippen LogP contribution in [0.2, 0.25) is 0 Å². The van der Waals surface area contributed by atoms with Crippen LogP contribution in [0.25, 0.3) is 22.5 Å². The predicted octanol–water partition coefficient (Wildman–Crippen LogP) is 2.96. The molecular weight excluding hydrogens is 419 g/mol. The van der Waals surface area contributed by atoms with Crippen molar-refractivity contribution in [2.45, 2.75) is 19.4 Å². The van der Waals surface area contributed by atoms with Gasteiger partial charge >= 0.3 is 0 Å². The van der Waals surface area contributed by atoms with E-state index < -0.39 is 5.95 Å². The first kappa shape index (κ1) is 21.3. The number of nitrogen functional groups attached to an aromatic ring is 1. The summed E-state index contributed by atoms with van der Waals surface area (Å²) < 4.78 is 14.8. The lowest BCUT2D eigenvalue weighted by atomic mass is 9.96. The first-order chi connectivity index (χ1) is 15.9. The SMILES string of the molecule is C[C@@H]1CN(C)CCN1c1ccc(-c2nc(-c3ccc4c(c3)CCNC4=O)c(N)nc2F)cc1. The normalized spacial score (nSPS) is 18.7. The summed E-state index contributed by atoms with van der Waals surface area (Å²) in [4.78, 5) is 25.2. The first-order valence-corrected chi connectivity index (χ1v) is 11.2. The molecule has 0 saturated carbocycles. The number of nitrogens with zero attached hydrogens (tertiary/aromatic N) is 4. The number of hydrogen-bond acceptors (Lipinski definition) is 6. The van der Waals surface area contributed by atoms with Crippen LogP contribution in [-0.4, -0.2) is 60.0 Å². The monoisotopic (exact) mass is 446 g/mol. The summed E-state index contributed by atoms with van der Waals surface area (Å²) in [5, 5.41) is 2.83. The molecule has 1 aromatic heterocycles. The molecule has 1 saturated heterocycles. The standard InChI is InChI=1S/C25H27FN6O/c1-15-14-31(2)11-12-32(15)19-6-3-16(4-7-19)21-23(26)30-24(27)22(29-21)18-5-8-20-17(13-18)9-10-28-25(20)33/h3-8,13,15H,9-12,14H2,1-2H3,(H2,27,30)(H,28,33)/t15-/m1/s1. The summed E-state index contributed by atoms with van der Waals surface area (Å²) in [6.45, 7) is 5.77. The lowest BCUT2D eigenvalue weighted by molar-refractivity contribution is 0.0946. The van der Waals surface area contributed by atoms with Crippen molar-refractivity contribution in [3.8, 4) is 22.5 Å². The fourth-order valence-electron chi connectivity index (χ4n) is 4.73. The number of halogens is 1. The number of nitrogens with one attached hydrogen (secondary N) is 1. The number of nitrogens with two attached hydrogens (primary N) is 1. The first-order valence-electron chi connectivity index (χ1n) is 11.2. The van der Waals surface area contributed by atoms with Gasteiger partial charge in [-0.15, -0.1) is 0 Å². The molecule has 3 N–H and O–H groups in total. The quantitative estimate of drug-likeness (QED) is 0.643. The maximum absolute atomic E-state index is 14.8. The maximum atomic E-state index is 14.8. The topological polar surface area (TPSA) is 87.4 Å². The minimum absolute atomic E-state index is 0.0272. The molecular formula is C25H27FN6O. The zero-order valence-corrected chi connectivity index (χ0v) is 18.8. The average Bonchev–Trinajstić information content (AvgIpc) is 2.79. The number of amides is 1. The van der Waals surface area contributed by atoms with E-state index in [0.29, 0.717) is 29.4 Å². The number of fused-ring (bicyclic) bond motifs is 1. The highest BCUT2D eigenvalue weighted by Gasteiger charge is 2.23. The van der Waals surface area contributed by atoms with E-state index in [9.17, 15) is 9.18 Å².